The third-order valence-electron chi connectivity index (χ3n) is 7.13. The van der Waals surface area contributed by atoms with Gasteiger partial charge in [0.15, 0.2) is 0 Å². The van der Waals surface area contributed by atoms with Crippen molar-refractivity contribution >= 4 is 11.8 Å². The van der Waals surface area contributed by atoms with Gasteiger partial charge in [0.2, 0.25) is 11.8 Å². The fraction of sp³-hybridized carbons (Fsp3) is 0.652. The quantitative estimate of drug-likeness (QED) is 0.639. The highest BCUT2D eigenvalue weighted by atomic mass is 19.4. The van der Waals surface area contributed by atoms with E-state index in [4.69, 9.17) is 0 Å². The van der Waals surface area contributed by atoms with Crippen molar-refractivity contribution in [3.63, 3.8) is 0 Å². The topological polar surface area (TPSA) is 58.2 Å². The normalized spacial score (nSPS) is 29.6. The Morgan fingerprint density at radius 2 is 1.63 bits per heavy atom. The lowest BCUT2D eigenvalue weighted by Crippen LogP contribution is -2.53. The van der Waals surface area contributed by atoms with Crippen LogP contribution in [-0.2, 0) is 22.3 Å². The van der Waals surface area contributed by atoms with Crippen LogP contribution in [0.25, 0.3) is 0 Å². The minimum absolute atomic E-state index is 0.0579. The molecule has 4 aliphatic rings. The summed E-state index contributed by atoms with van der Waals surface area (Å²) in [4.78, 5) is 24.9. The summed E-state index contributed by atoms with van der Waals surface area (Å²) in [5.74, 6) is 2.07. The minimum atomic E-state index is -4.39. The molecule has 0 aromatic heterocycles. The van der Waals surface area contributed by atoms with Crippen LogP contribution in [0.2, 0.25) is 0 Å². The van der Waals surface area contributed by atoms with Crippen LogP contribution in [0.4, 0.5) is 13.2 Å². The number of benzene rings is 1. The van der Waals surface area contributed by atoms with Crippen molar-refractivity contribution in [3.8, 4) is 0 Å². The molecule has 2 N–H and O–H groups in total. The number of halogens is 3. The van der Waals surface area contributed by atoms with Gasteiger partial charge in [-0.3, -0.25) is 9.59 Å². The number of alkyl halides is 3. The summed E-state index contributed by atoms with van der Waals surface area (Å²) < 4.78 is 38.3. The van der Waals surface area contributed by atoms with E-state index in [-0.39, 0.29) is 30.2 Å². The van der Waals surface area contributed by atoms with Crippen LogP contribution < -0.4 is 10.6 Å². The van der Waals surface area contributed by atoms with Gasteiger partial charge in [0, 0.05) is 24.9 Å². The molecule has 5 rings (SSSR count). The fourth-order valence-electron chi connectivity index (χ4n) is 6.17. The standard InChI is InChI=1S/C23H29F3N2O2/c24-23(25,26)19-4-1-3-15(10-19)14-28-20(29)5-2-6-27-21(30)22-11-16-7-17(12-22)9-18(8-16)13-22/h1,3-4,10,16-18H,2,5-9,11-14H2,(H,27,30)(H,28,29). The average molecular weight is 422 g/mol. The number of carbonyl (C=O) groups is 2. The molecule has 1 aromatic carbocycles. The summed E-state index contributed by atoms with van der Waals surface area (Å²) >= 11 is 0. The first kappa shape index (κ1) is 21.2. The van der Waals surface area contributed by atoms with Crippen LogP contribution in [0.3, 0.4) is 0 Å². The maximum atomic E-state index is 12.9. The Labute approximate surface area is 175 Å². The summed E-state index contributed by atoms with van der Waals surface area (Å²) in [5.41, 5.74) is -0.490. The lowest BCUT2D eigenvalue weighted by molar-refractivity contribution is -0.146. The van der Waals surface area contributed by atoms with Gasteiger partial charge in [0.1, 0.15) is 0 Å². The van der Waals surface area contributed by atoms with E-state index in [0.29, 0.717) is 36.3 Å². The van der Waals surface area contributed by atoms with Crippen molar-refractivity contribution in [1.29, 1.82) is 0 Å². The van der Waals surface area contributed by atoms with E-state index in [1.807, 2.05) is 0 Å². The van der Waals surface area contributed by atoms with E-state index < -0.39 is 11.7 Å². The highest BCUT2D eigenvalue weighted by Crippen LogP contribution is 2.60. The number of nitrogens with one attached hydrogen (secondary N) is 2. The number of hydrogen-bond acceptors (Lipinski definition) is 2. The SMILES string of the molecule is O=C(CCCNC(=O)C12CC3CC(CC(C3)C1)C2)NCc1cccc(C(F)(F)F)c1. The number of rotatable bonds is 7. The predicted molar refractivity (Wildman–Crippen MR) is 106 cm³/mol. The molecule has 0 radical (unpaired) electrons. The minimum Gasteiger partial charge on any atom is -0.356 e. The molecule has 4 bridgehead atoms. The molecule has 1 aromatic rings. The van der Waals surface area contributed by atoms with E-state index in [9.17, 15) is 22.8 Å². The molecule has 0 saturated heterocycles. The second-order valence-electron chi connectivity index (χ2n) is 9.53. The van der Waals surface area contributed by atoms with E-state index in [1.165, 1.54) is 25.3 Å². The Balaban J connectivity index is 1.17. The molecule has 4 nitrogen and oxygen atoms in total. The van der Waals surface area contributed by atoms with Gasteiger partial charge in [0.05, 0.1) is 5.56 Å². The lowest BCUT2D eigenvalue weighted by Gasteiger charge is -2.55. The smallest absolute Gasteiger partial charge is 0.356 e. The van der Waals surface area contributed by atoms with E-state index in [1.54, 1.807) is 6.07 Å². The Kier molecular flexibility index (Phi) is 5.82. The second-order valence-corrected chi connectivity index (χ2v) is 9.53. The Morgan fingerprint density at radius 3 is 2.23 bits per heavy atom. The molecule has 30 heavy (non-hydrogen) atoms. The first-order valence-corrected chi connectivity index (χ1v) is 10.9. The molecular formula is C23H29F3N2O2. The van der Waals surface area contributed by atoms with Crippen molar-refractivity contribution in [3.05, 3.63) is 35.4 Å². The third kappa shape index (κ3) is 4.65. The number of amides is 2. The maximum absolute atomic E-state index is 12.9. The van der Waals surface area contributed by atoms with E-state index in [0.717, 1.165) is 31.4 Å². The van der Waals surface area contributed by atoms with Gasteiger partial charge in [-0.05, 0) is 80.4 Å². The maximum Gasteiger partial charge on any atom is 0.416 e. The van der Waals surface area contributed by atoms with Gasteiger partial charge in [0.25, 0.3) is 0 Å². The van der Waals surface area contributed by atoms with Crippen LogP contribution in [0.15, 0.2) is 24.3 Å². The van der Waals surface area contributed by atoms with Crippen molar-refractivity contribution in [1.82, 2.24) is 10.6 Å². The predicted octanol–water partition coefficient (Wildman–Crippen LogP) is 4.43. The first-order valence-electron chi connectivity index (χ1n) is 10.9. The summed E-state index contributed by atoms with van der Waals surface area (Å²) in [6, 6.07) is 4.95. The molecule has 2 amide bonds. The molecule has 164 valence electrons. The zero-order valence-electron chi connectivity index (χ0n) is 17.1. The molecule has 0 atom stereocenters. The average Bonchev–Trinajstić information content (AvgIpc) is 2.68. The molecule has 4 fully saturated rings. The molecule has 0 heterocycles. The molecule has 4 aliphatic carbocycles. The van der Waals surface area contributed by atoms with Crippen LogP contribution in [-0.4, -0.2) is 18.4 Å². The molecule has 0 spiro atoms. The van der Waals surface area contributed by atoms with Crippen molar-refractivity contribution < 1.29 is 22.8 Å². The van der Waals surface area contributed by atoms with Gasteiger partial charge in [-0.2, -0.15) is 13.2 Å². The van der Waals surface area contributed by atoms with E-state index in [2.05, 4.69) is 10.6 Å². The van der Waals surface area contributed by atoms with Gasteiger partial charge in [-0.15, -0.1) is 0 Å². The molecule has 0 aliphatic heterocycles. The van der Waals surface area contributed by atoms with Gasteiger partial charge in [-0.1, -0.05) is 12.1 Å². The monoisotopic (exact) mass is 422 g/mol. The van der Waals surface area contributed by atoms with Gasteiger partial charge < -0.3 is 10.6 Å². The van der Waals surface area contributed by atoms with Crippen molar-refractivity contribution in [2.75, 3.05) is 6.54 Å². The fourth-order valence-corrected chi connectivity index (χ4v) is 6.17. The zero-order valence-corrected chi connectivity index (χ0v) is 17.1. The lowest BCUT2D eigenvalue weighted by atomic mass is 9.49. The van der Waals surface area contributed by atoms with Gasteiger partial charge >= 0.3 is 6.18 Å². The molecule has 7 heteroatoms. The first-order chi connectivity index (χ1) is 14.2. The zero-order chi connectivity index (χ0) is 21.4. The van der Waals surface area contributed by atoms with Crippen LogP contribution >= 0.6 is 0 Å². The summed E-state index contributed by atoms with van der Waals surface area (Å²) in [5, 5.41) is 5.70. The summed E-state index contributed by atoms with van der Waals surface area (Å²) in [6.07, 6.45) is 3.28. The van der Waals surface area contributed by atoms with Crippen LogP contribution in [0.5, 0.6) is 0 Å². The second kappa shape index (κ2) is 8.23. The Hall–Kier alpha value is -2.05. The summed E-state index contributed by atoms with van der Waals surface area (Å²) in [6.45, 7) is 0.514. The van der Waals surface area contributed by atoms with Gasteiger partial charge in [-0.25, -0.2) is 0 Å². The van der Waals surface area contributed by atoms with Crippen molar-refractivity contribution in [2.24, 2.45) is 23.2 Å². The van der Waals surface area contributed by atoms with Crippen LogP contribution in [0, 0.1) is 23.2 Å². The molecule has 0 unspecified atom stereocenters. The largest absolute Gasteiger partial charge is 0.416 e. The van der Waals surface area contributed by atoms with Crippen molar-refractivity contribution in [2.45, 2.75) is 64.1 Å². The number of carbonyl (C=O) groups excluding carboxylic acids is 2. The molecular weight excluding hydrogens is 393 g/mol. The Bertz CT molecular complexity index is 771. The third-order valence-corrected chi connectivity index (χ3v) is 7.13. The number of hydrogen-bond donors (Lipinski definition) is 2. The highest BCUT2D eigenvalue weighted by Gasteiger charge is 2.54. The molecule has 4 saturated carbocycles. The Morgan fingerprint density at radius 1 is 1.00 bits per heavy atom. The van der Waals surface area contributed by atoms with Crippen LogP contribution in [0.1, 0.15) is 62.5 Å². The highest BCUT2D eigenvalue weighted by molar-refractivity contribution is 5.83. The van der Waals surface area contributed by atoms with E-state index >= 15 is 0 Å². The summed E-state index contributed by atoms with van der Waals surface area (Å²) in [7, 11) is 0.